The van der Waals surface area contributed by atoms with Gasteiger partial charge in [0.05, 0.1) is 13.2 Å². The summed E-state index contributed by atoms with van der Waals surface area (Å²) in [6.45, 7) is 3.46. The van der Waals surface area contributed by atoms with Crippen molar-refractivity contribution < 1.29 is 4.74 Å². The molecule has 1 aliphatic rings. The van der Waals surface area contributed by atoms with Gasteiger partial charge in [-0.15, -0.1) is 0 Å². The van der Waals surface area contributed by atoms with Crippen LogP contribution in [0.1, 0.15) is 28.2 Å². The lowest BCUT2D eigenvalue weighted by Crippen LogP contribution is -2.15. The van der Waals surface area contributed by atoms with Gasteiger partial charge in [-0.25, -0.2) is 4.98 Å². The maximum absolute atomic E-state index is 5.43. The van der Waals surface area contributed by atoms with Gasteiger partial charge in [0.15, 0.2) is 0 Å². The molecule has 4 heteroatoms. The molecule has 0 atom stereocenters. The third-order valence-electron chi connectivity index (χ3n) is 3.52. The van der Waals surface area contributed by atoms with Crippen molar-refractivity contribution >= 4 is 12.2 Å². The van der Waals surface area contributed by atoms with Gasteiger partial charge in [-0.05, 0) is 18.1 Å². The van der Waals surface area contributed by atoms with E-state index in [4.69, 9.17) is 17.0 Å². The summed E-state index contributed by atoms with van der Waals surface area (Å²) in [6, 6.07) is 8.37. The molecule has 19 heavy (non-hydrogen) atoms. The van der Waals surface area contributed by atoms with E-state index in [1.807, 2.05) is 0 Å². The molecule has 3 nitrogen and oxygen atoms in total. The lowest BCUT2D eigenvalue weighted by molar-refractivity contribution is 0.108. The second-order valence-corrected chi connectivity index (χ2v) is 5.24. The van der Waals surface area contributed by atoms with Crippen molar-refractivity contribution in [3.05, 3.63) is 57.1 Å². The minimum absolute atomic E-state index is 0.586. The summed E-state index contributed by atoms with van der Waals surface area (Å²) in [5.41, 5.74) is 4.81. The SMILES string of the molecule is Cc1ccccc1Cc1nc(=S)c2c([nH]1)CCOC2. The summed E-state index contributed by atoms with van der Waals surface area (Å²) >= 11 is 5.36. The van der Waals surface area contributed by atoms with E-state index in [9.17, 15) is 0 Å². The number of H-pyrrole nitrogens is 1. The predicted octanol–water partition coefficient (Wildman–Crippen LogP) is 3.11. The van der Waals surface area contributed by atoms with Crippen LogP contribution in [0.15, 0.2) is 24.3 Å². The van der Waals surface area contributed by atoms with Gasteiger partial charge in [0, 0.05) is 24.1 Å². The molecule has 1 aromatic heterocycles. The molecule has 1 aliphatic heterocycles. The number of aromatic amines is 1. The molecule has 0 saturated heterocycles. The fourth-order valence-electron chi connectivity index (χ4n) is 2.38. The Balaban J connectivity index is 1.96. The first-order chi connectivity index (χ1) is 9.24. The molecule has 0 aliphatic carbocycles. The number of rotatable bonds is 2. The Morgan fingerprint density at radius 2 is 2.21 bits per heavy atom. The van der Waals surface area contributed by atoms with Crippen molar-refractivity contribution in [3.63, 3.8) is 0 Å². The van der Waals surface area contributed by atoms with Crippen molar-refractivity contribution in [1.29, 1.82) is 0 Å². The summed E-state index contributed by atoms with van der Waals surface area (Å²) in [5, 5.41) is 0. The molecule has 0 unspecified atom stereocenters. The summed E-state index contributed by atoms with van der Waals surface area (Å²) in [6.07, 6.45) is 1.69. The average Bonchev–Trinajstić information content (AvgIpc) is 2.42. The lowest BCUT2D eigenvalue weighted by Gasteiger charge is -2.17. The summed E-state index contributed by atoms with van der Waals surface area (Å²) in [5.74, 6) is 0.944. The van der Waals surface area contributed by atoms with Crippen LogP contribution < -0.4 is 0 Å². The van der Waals surface area contributed by atoms with E-state index in [0.29, 0.717) is 11.2 Å². The van der Waals surface area contributed by atoms with Crippen molar-refractivity contribution in [1.82, 2.24) is 9.97 Å². The summed E-state index contributed by atoms with van der Waals surface area (Å²) in [4.78, 5) is 7.93. The first kappa shape index (κ1) is 12.5. The Labute approximate surface area is 117 Å². The van der Waals surface area contributed by atoms with Crippen LogP contribution >= 0.6 is 12.2 Å². The molecular formula is C15H16N2OS. The fraction of sp³-hybridized carbons (Fsp3) is 0.333. The zero-order valence-corrected chi connectivity index (χ0v) is 11.7. The van der Waals surface area contributed by atoms with Crippen LogP contribution in [0.3, 0.4) is 0 Å². The van der Waals surface area contributed by atoms with Crippen LogP contribution in [0.5, 0.6) is 0 Å². The van der Waals surface area contributed by atoms with Crippen LogP contribution in [0.2, 0.25) is 0 Å². The number of nitrogens with zero attached hydrogens (tertiary/aromatic N) is 1. The van der Waals surface area contributed by atoms with Crippen molar-refractivity contribution in [2.24, 2.45) is 0 Å². The topological polar surface area (TPSA) is 37.9 Å². The van der Waals surface area contributed by atoms with Crippen molar-refractivity contribution in [2.75, 3.05) is 6.61 Å². The van der Waals surface area contributed by atoms with Crippen LogP contribution in [-0.2, 0) is 24.2 Å². The number of hydrogen-bond acceptors (Lipinski definition) is 3. The molecule has 0 fully saturated rings. The van der Waals surface area contributed by atoms with E-state index in [1.165, 1.54) is 16.8 Å². The number of fused-ring (bicyclic) bond motifs is 1. The van der Waals surface area contributed by atoms with Crippen LogP contribution in [0.4, 0.5) is 0 Å². The highest BCUT2D eigenvalue weighted by Crippen LogP contribution is 2.17. The average molecular weight is 272 g/mol. The molecule has 0 saturated carbocycles. The van der Waals surface area contributed by atoms with Gasteiger partial charge < -0.3 is 9.72 Å². The number of benzene rings is 1. The minimum Gasteiger partial charge on any atom is -0.376 e. The molecule has 1 N–H and O–H groups in total. The van der Waals surface area contributed by atoms with Gasteiger partial charge in [0.1, 0.15) is 10.5 Å². The lowest BCUT2D eigenvalue weighted by atomic mass is 10.1. The Morgan fingerprint density at radius 3 is 3.05 bits per heavy atom. The second kappa shape index (κ2) is 5.23. The van der Waals surface area contributed by atoms with Crippen molar-refractivity contribution in [2.45, 2.75) is 26.4 Å². The largest absolute Gasteiger partial charge is 0.376 e. The van der Waals surface area contributed by atoms with E-state index >= 15 is 0 Å². The third-order valence-corrected chi connectivity index (χ3v) is 3.85. The fourth-order valence-corrected chi connectivity index (χ4v) is 2.67. The Kier molecular flexibility index (Phi) is 3.44. The van der Waals surface area contributed by atoms with E-state index in [0.717, 1.165) is 30.8 Å². The number of hydrogen-bond donors (Lipinski definition) is 1. The minimum atomic E-state index is 0.586. The maximum Gasteiger partial charge on any atom is 0.135 e. The normalized spacial score (nSPS) is 14.2. The molecule has 98 valence electrons. The van der Waals surface area contributed by atoms with Gasteiger partial charge in [-0.2, -0.15) is 0 Å². The Bertz CT molecular complexity index is 663. The first-order valence-electron chi connectivity index (χ1n) is 6.47. The number of aryl methyl sites for hydroxylation is 1. The predicted molar refractivity (Wildman–Crippen MR) is 76.8 cm³/mol. The number of nitrogens with one attached hydrogen (secondary N) is 1. The highest BCUT2D eigenvalue weighted by Gasteiger charge is 2.14. The maximum atomic E-state index is 5.43. The number of aromatic nitrogens is 2. The molecule has 1 aromatic carbocycles. The summed E-state index contributed by atoms with van der Waals surface area (Å²) in [7, 11) is 0. The zero-order chi connectivity index (χ0) is 13.2. The molecule has 0 spiro atoms. The smallest absolute Gasteiger partial charge is 0.135 e. The van der Waals surface area contributed by atoms with Crippen LogP contribution in [0.25, 0.3) is 0 Å². The molecule has 0 radical (unpaired) electrons. The molecule has 2 aromatic rings. The van der Waals surface area contributed by atoms with E-state index < -0.39 is 0 Å². The van der Waals surface area contributed by atoms with E-state index in [2.05, 4.69) is 41.2 Å². The molecule has 2 heterocycles. The molecule has 0 bridgehead atoms. The third kappa shape index (κ3) is 2.60. The number of ether oxygens (including phenoxy) is 1. The van der Waals surface area contributed by atoms with Gasteiger partial charge in [0.25, 0.3) is 0 Å². The second-order valence-electron chi connectivity index (χ2n) is 4.85. The first-order valence-corrected chi connectivity index (χ1v) is 6.88. The molecule has 3 rings (SSSR count). The quantitative estimate of drug-likeness (QED) is 0.854. The van der Waals surface area contributed by atoms with Gasteiger partial charge >= 0.3 is 0 Å². The highest BCUT2D eigenvalue weighted by atomic mass is 32.1. The van der Waals surface area contributed by atoms with Gasteiger partial charge in [-0.3, -0.25) is 0 Å². The van der Waals surface area contributed by atoms with E-state index in [1.54, 1.807) is 0 Å². The van der Waals surface area contributed by atoms with E-state index in [-0.39, 0.29) is 0 Å². The molecular weight excluding hydrogens is 256 g/mol. The zero-order valence-electron chi connectivity index (χ0n) is 10.9. The molecule has 0 amide bonds. The van der Waals surface area contributed by atoms with Crippen LogP contribution in [-0.4, -0.2) is 16.6 Å². The van der Waals surface area contributed by atoms with Crippen molar-refractivity contribution in [3.8, 4) is 0 Å². The van der Waals surface area contributed by atoms with Crippen LogP contribution in [0, 0.1) is 11.6 Å². The monoisotopic (exact) mass is 272 g/mol. The Hall–Kier alpha value is -1.52. The van der Waals surface area contributed by atoms with Gasteiger partial charge in [-0.1, -0.05) is 36.5 Å². The highest BCUT2D eigenvalue weighted by molar-refractivity contribution is 7.71. The standard InChI is InChI=1S/C15H16N2OS/c1-10-4-2-3-5-11(10)8-14-16-13-6-7-18-9-12(13)15(19)17-14/h2-5H,6-9H2,1H3,(H,16,17,19). The van der Waals surface area contributed by atoms with Gasteiger partial charge in [0.2, 0.25) is 0 Å². The Morgan fingerprint density at radius 1 is 1.37 bits per heavy atom. The summed E-state index contributed by atoms with van der Waals surface area (Å²) < 4.78 is 6.11.